The second kappa shape index (κ2) is 7.86. The van der Waals surface area contributed by atoms with Crippen LogP contribution in [-0.2, 0) is 20.8 Å². The molecule has 1 heterocycles. The summed E-state index contributed by atoms with van der Waals surface area (Å²) in [5.74, 6) is 0.596. The van der Waals surface area contributed by atoms with Crippen molar-refractivity contribution in [3.05, 3.63) is 24.2 Å². The molecule has 1 aromatic heterocycles. The van der Waals surface area contributed by atoms with Gasteiger partial charge in [0.2, 0.25) is 0 Å². The molecule has 0 saturated carbocycles. The van der Waals surface area contributed by atoms with Crippen molar-refractivity contribution >= 4 is 5.97 Å². The van der Waals surface area contributed by atoms with Crippen molar-refractivity contribution in [3.63, 3.8) is 0 Å². The van der Waals surface area contributed by atoms with E-state index in [1.165, 1.54) is 0 Å². The van der Waals surface area contributed by atoms with Crippen molar-refractivity contribution in [1.29, 1.82) is 0 Å². The summed E-state index contributed by atoms with van der Waals surface area (Å²) in [4.78, 5) is 13.0. The fourth-order valence-corrected chi connectivity index (χ4v) is 1.33. The molecule has 1 aromatic rings. The molecular formula is C12H19NO4. The van der Waals surface area contributed by atoms with Crippen LogP contribution in [0.4, 0.5) is 0 Å². The van der Waals surface area contributed by atoms with E-state index >= 15 is 0 Å². The van der Waals surface area contributed by atoms with Gasteiger partial charge in [0.1, 0.15) is 12.4 Å². The highest BCUT2D eigenvalue weighted by Gasteiger charge is 2.04. The van der Waals surface area contributed by atoms with Crippen LogP contribution in [0, 0.1) is 0 Å². The number of nitrogens with zero attached hydrogens (tertiary/aromatic N) is 1. The molecule has 5 heteroatoms. The lowest BCUT2D eigenvalue weighted by molar-refractivity contribution is -0.148. The zero-order chi connectivity index (χ0) is 12.5. The van der Waals surface area contributed by atoms with E-state index in [-0.39, 0.29) is 12.6 Å². The third kappa shape index (κ3) is 6.09. The Bertz CT molecular complexity index is 310. The molecule has 0 saturated heterocycles. The molecule has 0 atom stereocenters. The third-order valence-corrected chi connectivity index (χ3v) is 2.15. The molecule has 0 amide bonds. The molecule has 17 heavy (non-hydrogen) atoms. The number of likely N-dealkylation sites (N-methyl/N-ethyl adjacent to an activating group) is 1. The van der Waals surface area contributed by atoms with Gasteiger partial charge in [0.05, 0.1) is 26.0 Å². The maximum Gasteiger partial charge on any atom is 0.332 e. The molecule has 0 fully saturated rings. The van der Waals surface area contributed by atoms with Crippen LogP contribution >= 0.6 is 0 Å². The van der Waals surface area contributed by atoms with Gasteiger partial charge in [-0.2, -0.15) is 0 Å². The number of furan rings is 1. The number of esters is 1. The van der Waals surface area contributed by atoms with Gasteiger partial charge in [-0.25, -0.2) is 4.79 Å². The van der Waals surface area contributed by atoms with E-state index in [2.05, 4.69) is 4.90 Å². The SMILES string of the molecule is CCOC(=O)COCCN(C)Cc1ccco1. The first kappa shape index (κ1) is 13.7. The monoisotopic (exact) mass is 241 g/mol. The Labute approximate surface area is 101 Å². The smallest absolute Gasteiger partial charge is 0.332 e. The highest BCUT2D eigenvalue weighted by molar-refractivity contribution is 5.70. The van der Waals surface area contributed by atoms with E-state index < -0.39 is 0 Å². The van der Waals surface area contributed by atoms with E-state index in [9.17, 15) is 4.79 Å². The summed E-state index contributed by atoms with van der Waals surface area (Å²) in [5, 5.41) is 0. The van der Waals surface area contributed by atoms with Crippen LogP contribution in [0.15, 0.2) is 22.8 Å². The summed E-state index contributed by atoms with van der Waals surface area (Å²) in [5.41, 5.74) is 0. The zero-order valence-corrected chi connectivity index (χ0v) is 10.3. The number of carbonyl (C=O) groups is 1. The number of ether oxygens (including phenoxy) is 2. The third-order valence-electron chi connectivity index (χ3n) is 2.15. The molecule has 5 nitrogen and oxygen atoms in total. The largest absolute Gasteiger partial charge is 0.468 e. The molecule has 0 radical (unpaired) electrons. The van der Waals surface area contributed by atoms with E-state index in [1.807, 2.05) is 19.2 Å². The lowest BCUT2D eigenvalue weighted by atomic mass is 10.4. The lowest BCUT2D eigenvalue weighted by Gasteiger charge is -2.14. The second-order valence-corrected chi connectivity index (χ2v) is 3.67. The van der Waals surface area contributed by atoms with Crippen molar-refractivity contribution in [1.82, 2.24) is 4.90 Å². The topological polar surface area (TPSA) is 51.9 Å². The fourth-order valence-electron chi connectivity index (χ4n) is 1.33. The van der Waals surface area contributed by atoms with Crippen LogP contribution in [0.3, 0.4) is 0 Å². The van der Waals surface area contributed by atoms with E-state index in [0.717, 1.165) is 18.8 Å². The average Bonchev–Trinajstić information content (AvgIpc) is 2.77. The standard InChI is InChI=1S/C12H19NO4/c1-3-16-12(14)10-15-8-6-13(2)9-11-5-4-7-17-11/h4-5,7H,3,6,8-10H2,1-2H3. The predicted molar refractivity (Wildman–Crippen MR) is 62.5 cm³/mol. The van der Waals surface area contributed by atoms with Crippen molar-refractivity contribution in [2.45, 2.75) is 13.5 Å². The summed E-state index contributed by atoms with van der Waals surface area (Å²) in [6, 6.07) is 3.79. The zero-order valence-electron chi connectivity index (χ0n) is 10.3. The van der Waals surface area contributed by atoms with Crippen LogP contribution in [0.2, 0.25) is 0 Å². The van der Waals surface area contributed by atoms with Gasteiger partial charge >= 0.3 is 5.97 Å². The maximum atomic E-state index is 11.0. The first-order valence-corrected chi connectivity index (χ1v) is 5.66. The summed E-state index contributed by atoms with van der Waals surface area (Å²) in [6.45, 7) is 4.14. The van der Waals surface area contributed by atoms with Gasteiger partial charge in [0, 0.05) is 6.54 Å². The minimum absolute atomic E-state index is 0.0163. The number of rotatable bonds is 8. The number of carbonyl (C=O) groups excluding carboxylic acids is 1. The first-order valence-electron chi connectivity index (χ1n) is 5.66. The summed E-state index contributed by atoms with van der Waals surface area (Å²) in [6.07, 6.45) is 1.65. The van der Waals surface area contributed by atoms with Gasteiger partial charge in [-0.1, -0.05) is 0 Å². The van der Waals surface area contributed by atoms with E-state index in [1.54, 1.807) is 13.2 Å². The van der Waals surface area contributed by atoms with Gasteiger partial charge in [0.15, 0.2) is 0 Å². The van der Waals surface area contributed by atoms with Crippen LogP contribution in [-0.4, -0.2) is 44.3 Å². The van der Waals surface area contributed by atoms with Crippen molar-refractivity contribution in [2.24, 2.45) is 0 Å². The van der Waals surface area contributed by atoms with Crippen LogP contribution in [0.25, 0.3) is 0 Å². The van der Waals surface area contributed by atoms with Crippen molar-refractivity contribution < 1.29 is 18.7 Å². The molecule has 0 bridgehead atoms. The predicted octanol–water partition coefficient (Wildman–Crippen LogP) is 1.29. The summed E-state index contributed by atoms with van der Waals surface area (Å²) < 4.78 is 15.2. The molecule has 0 aliphatic rings. The average molecular weight is 241 g/mol. The highest BCUT2D eigenvalue weighted by atomic mass is 16.6. The normalized spacial score (nSPS) is 10.8. The van der Waals surface area contributed by atoms with Crippen LogP contribution in [0.5, 0.6) is 0 Å². The fraction of sp³-hybridized carbons (Fsp3) is 0.583. The van der Waals surface area contributed by atoms with Crippen molar-refractivity contribution in [3.8, 4) is 0 Å². The minimum atomic E-state index is -0.318. The van der Waals surface area contributed by atoms with Gasteiger partial charge in [-0.05, 0) is 26.1 Å². The van der Waals surface area contributed by atoms with Gasteiger partial charge in [-0.15, -0.1) is 0 Å². The minimum Gasteiger partial charge on any atom is -0.468 e. The van der Waals surface area contributed by atoms with Crippen LogP contribution in [0.1, 0.15) is 12.7 Å². The van der Waals surface area contributed by atoms with Gasteiger partial charge in [0.25, 0.3) is 0 Å². The number of hydrogen-bond donors (Lipinski definition) is 0. The molecule has 0 aliphatic carbocycles. The molecular weight excluding hydrogens is 222 g/mol. The number of hydrogen-bond acceptors (Lipinski definition) is 5. The quantitative estimate of drug-likeness (QED) is 0.507. The Hall–Kier alpha value is -1.33. The maximum absolute atomic E-state index is 11.0. The molecule has 0 spiro atoms. The van der Waals surface area contributed by atoms with Gasteiger partial charge in [-0.3, -0.25) is 4.90 Å². The first-order chi connectivity index (χ1) is 8.22. The Morgan fingerprint density at radius 1 is 1.53 bits per heavy atom. The van der Waals surface area contributed by atoms with Crippen molar-refractivity contribution in [2.75, 3.05) is 33.4 Å². The molecule has 96 valence electrons. The Balaban J connectivity index is 2.04. The Morgan fingerprint density at radius 2 is 2.35 bits per heavy atom. The Kier molecular flexibility index (Phi) is 6.35. The molecule has 0 unspecified atom stereocenters. The highest BCUT2D eigenvalue weighted by Crippen LogP contribution is 2.02. The molecule has 0 N–H and O–H groups in total. The van der Waals surface area contributed by atoms with E-state index in [0.29, 0.717) is 13.2 Å². The summed E-state index contributed by atoms with van der Waals surface area (Å²) in [7, 11) is 1.97. The second-order valence-electron chi connectivity index (χ2n) is 3.67. The lowest BCUT2D eigenvalue weighted by Crippen LogP contribution is -2.24. The van der Waals surface area contributed by atoms with Gasteiger partial charge < -0.3 is 13.9 Å². The Morgan fingerprint density at radius 3 is 3.00 bits per heavy atom. The summed E-state index contributed by atoms with van der Waals surface area (Å²) >= 11 is 0. The molecule has 0 aliphatic heterocycles. The van der Waals surface area contributed by atoms with Crippen LogP contribution < -0.4 is 0 Å². The molecule has 0 aromatic carbocycles. The molecule has 1 rings (SSSR count). The van der Waals surface area contributed by atoms with E-state index in [4.69, 9.17) is 13.9 Å².